The van der Waals surface area contributed by atoms with Crippen LogP contribution in [-0.4, -0.2) is 55.0 Å². The molecule has 6 heteroatoms. The molecule has 0 aromatic heterocycles. The van der Waals surface area contributed by atoms with E-state index < -0.39 is 23.5 Å². The van der Waals surface area contributed by atoms with Gasteiger partial charge in [-0.05, 0) is 34.1 Å². The molecular weight excluding hydrogens is 288 g/mol. The molecule has 4 rings (SSSR count). The zero-order valence-electron chi connectivity index (χ0n) is 13.5. The van der Waals surface area contributed by atoms with Crippen molar-refractivity contribution in [3.8, 4) is 0 Å². The van der Waals surface area contributed by atoms with Crippen LogP contribution in [0.4, 0.5) is 0 Å². The monoisotopic (exact) mass is 312 g/mol. The Morgan fingerprint density at radius 1 is 0.864 bits per heavy atom. The molecule has 5 atom stereocenters. The number of rotatable bonds is 1. The highest BCUT2D eigenvalue weighted by atomic mass is 16.9. The average Bonchev–Trinajstić information content (AvgIpc) is 3.03. The van der Waals surface area contributed by atoms with Gasteiger partial charge in [0, 0.05) is 0 Å². The van der Waals surface area contributed by atoms with Crippen molar-refractivity contribution < 1.29 is 28.4 Å². The predicted molar refractivity (Wildman–Crippen MR) is 76.0 cm³/mol. The van der Waals surface area contributed by atoms with E-state index in [-0.39, 0.29) is 18.3 Å². The first-order chi connectivity index (χ1) is 10.3. The van der Waals surface area contributed by atoms with Crippen molar-refractivity contribution in [1.82, 2.24) is 0 Å². The van der Waals surface area contributed by atoms with Gasteiger partial charge in [0.2, 0.25) is 0 Å². The Bertz CT molecular complexity index is 487. The van der Waals surface area contributed by atoms with Crippen LogP contribution in [0.15, 0.2) is 12.2 Å². The molecule has 3 fully saturated rings. The minimum Gasteiger partial charge on any atom is -0.365 e. The second-order valence-corrected chi connectivity index (χ2v) is 7.29. The summed E-state index contributed by atoms with van der Waals surface area (Å²) < 4.78 is 36.1. The summed E-state index contributed by atoms with van der Waals surface area (Å²) in [5.74, 6) is -1.26. The van der Waals surface area contributed by atoms with E-state index in [4.69, 9.17) is 28.4 Å². The lowest BCUT2D eigenvalue weighted by atomic mass is 9.84. The minimum atomic E-state index is -0.663. The highest BCUT2D eigenvalue weighted by Crippen LogP contribution is 2.50. The lowest BCUT2D eigenvalue weighted by molar-refractivity contribution is -0.254. The van der Waals surface area contributed by atoms with Gasteiger partial charge in [-0.3, -0.25) is 0 Å². The van der Waals surface area contributed by atoms with Gasteiger partial charge in [0.25, 0.3) is 0 Å². The lowest BCUT2D eigenvalue weighted by Gasteiger charge is -2.40. The molecule has 0 saturated carbocycles. The van der Waals surface area contributed by atoms with E-state index >= 15 is 0 Å². The molecule has 0 aliphatic carbocycles. The Kier molecular flexibility index (Phi) is 3.25. The van der Waals surface area contributed by atoms with Crippen molar-refractivity contribution in [2.45, 2.75) is 75.9 Å². The summed E-state index contributed by atoms with van der Waals surface area (Å²) in [6.07, 6.45) is 3.71. The third-order valence-electron chi connectivity index (χ3n) is 4.72. The number of fused-ring (bicyclic) bond motifs is 2. The Hall–Kier alpha value is -0.500. The molecule has 0 N–H and O–H groups in total. The molecule has 4 aliphatic heterocycles. The van der Waals surface area contributed by atoms with Gasteiger partial charge < -0.3 is 28.4 Å². The van der Waals surface area contributed by atoms with Crippen LogP contribution in [-0.2, 0) is 28.4 Å². The summed E-state index contributed by atoms with van der Waals surface area (Å²) in [5, 5.41) is 0. The molecule has 3 saturated heterocycles. The maximum Gasteiger partial charge on any atom is 0.190 e. The maximum atomic E-state index is 6.18. The third-order valence-corrected chi connectivity index (χ3v) is 4.72. The van der Waals surface area contributed by atoms with Crippen molar-refractivity contribution in [1.29, 1.82) is 0 Å². The first-order valence-electron chi connectivity index (χ1n) is 7.93. The van der Waals surface area contributed by atoms with Gasteiger partial charge in [0.1, 0.15) is 23.9 Å². The van der Waals surface area contributed by atoms with E-state index in [0.717, 1.165) is 6.42 Å². The quantitative estimate of drug-likeness (QED) is 0.687. The normalized spacial score (nSPS) is 48.9. The molecule has 0 radical (unpaired) electrons. The van der Waals surface area contributed by atoms with Crippen molar-refractivity contribution in [2.75, 3.05) is 13.2 Å². The highest BCUT2D eigenvalue weighted by molar-refractivity contribution is 5.14. The van der Waals surface area contributed by atoms with E-state index in [1.54, 1.807) is 0 Å². The zero-order valence-corrected chi connectivity index (χ0v) is 13.5. The van der Waals surface area contributed by atoms with E-state index in [1.165, 1.54) is 0 Å². The second-order valence-electron chi connectivity index (χ2n) is 7.29. The molecule has 0 amide bonds. The summed E-state index contributed by atoms with van der Waals surface area (Å²) in [5.41, 5.74) is -0.582. The molecular formula is C16H24O6. The fraction of sp³-hybridized carbons (Fsp3) is 0.875. The van der Waals surface area contributed by atoms with Gasteiger partial charge in [-0.15, -0.1) is 0 Å². The molecule has 0 aromatic rings. The molecule has 22 heavy (non-hydrogen) atoms. The lowest BCUT2D eigenvalue weighted by Crippen LogP contribution is -2.56. The van der Waals surface area contributed by atoms with Gasteiger partial charge in [-0.1, -0.05) is 12.2 Å². The predicted octanol–water partition coefficient (Wildman–Crippen LogP) is 1.73. The summed E-state index contributed by atoms with van der Waals surface area (Å²) in [6.45, 7) is 8.64. The number of hydrogen-bond acceptors (Lipinski definition) is 6. The topological polar surface area (TPSA) is 55.4 Å². The van der Waals surface area contributed by atoms with Crippen LogP contribution in [0.2, 0.25) is 0 Å². The van der Waals surface area contributed by atoms with Gasteiger partial charge in [0.15, 0.2) is 17.9 Å². The summed E-state index contributed by atoms with van der Waals surface area (Å²) in [7, 11) is 0. The largest absolute Gasteiger partial charge is 0.365 e. The van der Waals surface area contributed by atoms with Crippen LogP contribution >= 0.6 is 0 Å². The SMILES string of the molecule is CC1(C)OC[C@H](C2O[C@@H]3OC(C)(C)O[C@@H]3[C@@]23CC=CCO3)O1. The smallest absolute Gasteiger partial charge is 0.190 e. The van der Waals surface area contributed by atoms with Crippen molar-refractivity contribution in [2.24, 2.45) is 0 Å². The summed E-state index contributed by atoms with van der Waals surface area (Å²) in [6, 6.07) is 0. The van der Waals surface area contributed by atoms with Crippen molar-refractivity contribution in [3.63, 3.8) is 0 Å². The zero-order chi connectivity index (χ0) is 15.6. The maximum absolute atomic E-state index is 6.18. The van der Waals surface area contributed by atoms with E-state index in [9.17, 15) is 0 Å². The first-order valence-corrected chi connectivity index (χ1v) is 7.93. The highest BCUT2D eigenvalue weighted by Gasteiger charge is 2.67. The molecule has 124 valence electrons. The molecule has 1 spiro atoms. The van der Waals surface area contributed by atoms with Crippen LogP contribution in [0.1, 0.15) is 34.1 Å². The van der Waals surface area contributed by atoms with Crippen molar-refractivity contribution >= 4 is 0 Å². The minimum absolute atomic E-state index is 0.192. The van der Waals surface area contributed by atoms with Crippen LogP contribution in [0.5, 0.6) is 0 Å². The number of hydrogen-bond donors (Lipinski definition) is 0. The Balaban J connectivity index is 1.64. The fourth-order valence-corrected chi connectivity index (χ4v) is 3.84. The Labute approximate surface area is 130 Å². The van der Waals surface area contributed by atoms with E-state index in [1.807, 2.05) is 33.8 Å². The fourth-order valence-electron chi connectivity index (χ4n) is 3.84. The Morgan fingerprint density at radius 3 is 2.32 bits per heavy atom. The Morgan fingerprint density at radius 2 is 1.68 bits per heavy atom. The van der Waals surface area contributed by atoms with Crippen molar-refractivity contribution in [3.05, 3.63) is 12.2 Å². The average molecular weight is 312 g/mol. The number of ether oxygens (including phenoxy) is 6. The first kappa shape index (κ1) is 15.1. The molecule has 0 aromatic carbocycles. The third kappa shape index (κ3) is 2.25. The van der Waals surface area contributed by atoms with E-state index in [2.05, 4.69) is 6.08 Å². The summed E-state index contributed by atoms with van der Waals surface area (Å²) >= 11 is 0. The van der Waals surface area contributed by atoms with Gasteiger partial charge in [0.05, 0.1) is 13.2 Å². The molecule has 4 heterocycles. The van der Waals surface area contributed by atoms with Crippen LogP contribution < -0.4 is 0 Å². The van der Waals surface area contributed by atoms with Gasteiger partial charge >= 0.3 is 0 Å². The van der Waals surface area contributed by atoms with Crippen LogP contribution in [0.3, 0.4) is 0 Å². The van der Waals surface area contributed by atoms with E-state index in [0.29, 0.717) is 13.2 Å². The summed E-state index contributed by atoms with van der Waals surface area (Å²) in [4.78, 5) is 0. The van der Waals surface area contributed by atoms with Gasteiger partial charge in [-0.25, -0.2) is 0 Å². The molecule has 1 unspecified atom stereocenters. The molecule has 0 bridgehead atoms. The molecule has 4 aliphatic rings. The van der Waals surface area contributed by atoms with Crippen LogP contribution in [0, 0.1) is 0 Å². The molecule has 6 nitrogen and oxygen atoms in total. The van der Waals surface area contributed by atoms with Gasteiger partial charge in [-0.2, -0.15) is 0 Å². The second kappa shape index (κ2) is 4.75. The standard InChI is InChI=1S/C16H24O6/c1-14(2)18-9-10(20-14)11-16(7-5-6-8-17-16)12-13(19-11)22-15(3,4)21-12/h5-6,10-13H,7-9H2,1-4H3/t10-,11?,12+,13-,16-/m1/s1. The van der Waals surface area contributed by atoms with Crippen LogP contribution in [0.25, 0.3) is 0 Å².